The first kappa shape index (κ1) is 25.8. The van der Waals surface area contributed by atoms with E-state index in [2.05, 4.69) is 0 Å². The Bertz CT molecular complexity index is 958. The lowest BCUT2D eigenvalue weighted by atomic mass is 9.42. The van der Waals surface area contributed by atoms with Gasteiger partial charge in [0, 0.05) is 31.6 Å². The van der Waals surface area contributed by atoms with Crippen LogP contribution in [0.3, 0.4) is 0 Å². The number of allylic oxidation sites excluding steroid dienone is 1. The van der Waals surface area contributed by atoms with Gasteiger partial charge < -0.3 is 24.4 Å². The van der Waals surface area contributed by atoms with Crippen molar-refractivity contribution < 1.29 is 43.6 Å². The average molecular weight is 493 g/mol. The molecule has 0 amide bonds. The summed E-state index contributed by atoms with van der Waals surface area (Å²) in [5, 5.41) is 24.1. The molecule has 0 aromatic heterocycles. The second-order valence-corrected chi connectivity index (χ2v) is 11.0. The molecular weight excluding hydrogens is 456 g/mol. The molecule has 3 saturated carbocycles. The summed E-state index contributed by atoms with van der Waals surface area (Å²) >= 11 is 0. The van der Waals surface area contributed by atoms with Crippen LogP contribution in [0.4, 0.5) is 0 Å². The van der Waals surface area contributed by atoms with Crippen LogP contribution in [0.1, 0.15) is 66.2 Å². The van der Waals surface area contributed by atoms with Gasteiger partial charge in [0.05, 0.1) is 29.1 Å². The molecule has 0 radical (unpaired) electrons. The van der Waals surface area contributed by atoms with E-state index < -0.39 is 57.8 Å². The molecule has 4 aliphatic carbocycles. The molecule has 9 nitrogen and oxygen atoms in total. The van der Waals surface area contributed by atoms with Gasteiger partial charge in [0.1, 0.15) is 12.7 Å². The Balaban J connectivity index is 1.86. The fourth-order valence-electron chi connectivity index (χ4n) is 7.90. The van der Waals surface area contributed by atoms with E-state index in [1.54, 1.807) is 13.0 Å². The van der Waals surface area contributed by atoms with Gasteiger partial charge in [-0.2, -0.15) is 0 Å². The van der Waals surface area contributed by atoms with E-state index in [1.807, 2.05) is 6.92 Å². The van der Waals surface area contributed by atoms with Crippen molar-refractivity contribution in [3.63, 3.8) is 0 Å². The molecular formula is C26H36O9. The molecule has 2 N–H and O–H groups in total. The Morgan fingerprint density at radius 3 is 2.43 bits per heavy atom. The van der Waals surface area contributed by atoms with E-state index in [0.29, 0.717) is 19.3 Å². The normalized spacial score (nSPS) is 44.0. The third kappa shape index (κ3) is 3.73. The summed E-state index contributed by atoms with van der Waals surface area (Å²) in [5.74, 6) is -3.36. The molecule has 0 aromatic carbocycles. The van der Waals surface area contributed by atoms with Gasteiger partial charge in [-0.15, -0.1) is 0 Å². The lowest BCUT2D eigenvalue weighted by Crippen LogP contribution is -2.72. The van der Waals surface area contributed by atoms with Crippen LogP contribution >= 0.6 is 0 Å². The predicted octanol–water partition coefficient (Wildman–Crippen LogP) is 1.87. The first-order valence-corrected chi connectivity index (χ1v) is 12.5. The largest absolute Gasteiger partial charge is 0.466 e. The number of ether oxygens (including phenoxy) is 3. The molecule has 8 atom stereocenters. The fourth-order valence-corrected chi connectivity index (χ4v) is 7.90. The Labute approximate surface area is 205 Å². The number of hydrogen-bond acceptors (Lipinski definition) is 9. The van der Waals surface area contributed by atoms with Crippen molar-refractivity contribution in [3.05, 3.63) is 12.2 Å². The quantitative estimate of drug-likeness (QED) is 0.435. The van der Waals surface area contributed by atoms with Gasteiger partial charge in [-0.3, -0.25) is 19.2 Å². The monoisotopic (exact) mass is 492 g/mol. The number of carbonyl (C=O) groups is 4. The van der Waals surface area contributed by atoms with Crippen molar-refractivity contribution in [3.8, 4) is 0 Å². The second kappa shape index (κ2) is 8.69. The van der Waals surface area contributed by atoms with Crippen LogP contribution in [-0.2, 0) is 33.4 Å². The van der Waals surface area contributed by atoms with Crippen LogP contribution in [0.25, 0.3) is 0 Å². The van der Waals surface area contributed by atoms with E-state index in [4.69, 9.17) is 14.2 Å². The highest BCUT2D eigenvalue weighted by atomic mass is 16.5. The van der Waals surface area contributed by atoms with Gasteiger partial charge in [0.25, 0.3) is 0 Å². The van der Waals surface area contributed by atoms with Crippen LogP contribution in [0, 0.1) is 28.6 Å². The molecule has 35 heavy (non-hydrogen) atoms. The number of fused-ring (bicyclic) bond motifs is 5. The van der Waals surface area contributed by atoms with Gasteiger partial charge in [-0.05, 0) is 51.0 Å². The average Bonchev–Trinajstić information content (AvgIpc) is 3.02. The first-order chi connectivity index (χ1) is 16.3. The molecule has 0 saturated heterocycles. The molecule has 4 rings (SSSR count). The summed E-state index contributed by atoms with van der Waals surface area (Å²) in [6.45, 7) is 6.16. The predicted molar refractivity (Wildman–Crippen MR) is 122 cm³/mol. The standard InChI is InChI=1S/C26H36O9/c1-5-33-22(30)19-8-11-26(32)18-7-10-25(31)12-17(29)6-9-24(25,14-34-15(2)27)21(18)20(35-16(3)28)13-23(19,26)4/h6,9,18-21,31-32H,5,7-8,10-14H2,1-4H3/t18-,19+,20-,21+,23+,24+,25+,26+/m1/s1. The zero-order valence-electron chi connectivity index (χ0n) is 20.9. The highest BCUT2D eigenvalue weighted by Crippen LogP contribution is 2.69. The molecule has 4 aliphatic rings. The van der Waals surface area contributed by atoms with Gasteiger partial charge in [-0.25, -0.2) is 0 Å². The van der Waals surface area contributed by atoms with Crippen LogP contribution in [0.15, 0.2) is 12.2 Å². The minimum absolute atomic E-state index is 0.151. The second-order valence-electron chi connectivity index (χ2n) is 11.0. The van der Waals surface area contributed by atoms with E-state index in [9.17, 15) is 29.4 Å². The summed E-state index contributed by atoms with van der Waals surface area (Å²) in [4.78, 5) is 49.4. The van der Waals surface area contributed by atoms with Crippen molar-refractivity contribution in [2.75, 3.05) is 13.2 Å². The van der Waals surface area contributed by atoms with Crippen LogP contribution in [0.5, 0.6) is 0 Å². The van der Waals surface area contributed by atoms with E-state index in [-0.39, 0.29) is 44.2 Å². The van der Waals surface area contributed by atoms with E-state index >= 15 is 0 Å². The minimum atomic E-state index is -1.53. The SMILES string of the molecule is CCOC(=O)[C@@H]1CC[C@]2(O)[C@@H]3CC[C@]4(O)CC(=O)C=C[C@]4(COC(C)=O)[C@@H]3[C@H](OC(C)=O)C[C@@]12C. The van der Waals surface area contributed by atoms with E-state index in [1.165, 1.54) is 19.9 Å². The Kier molecular flexibility index (Phi) is 6.41. The fraction of sp³-hybridized carbons (Fsp3) is 0.769. The van der Waals surface area contributed by atoms with Crippen LogP contribution in [-0.4, -0.2) is 64.4 Å². The maximum atomic E-state index is 12.9. The van der Waals surface area contributed by atoms with Crippen molar-refractivity contribution in [1.29, 1.82) is 0 Å². The Morgan fingerprint density at radius 1 is 1.09 bits per heavy atom. The number of rotatable bonds is 5. The Morgan fingerprint density at radius 2 is 1.80 bits per heavy atom. The highest BCUT2D eigenvalue weighted by molar-refractivity contribution is 5.92. The number of ketones is 1. The summed E-state index contributed by atoms with van der Waals surface area (Å²) in [6, 6.07) is 0. The molecule has 0 bridgehead atoms. The highest BCUT2D eigenvalue weighted by Gasteiger charge is 2.74. The zero-order valence-corrected chi connectivity index (χ0v) is 20.9. The molecule has 3 fully saturated rings. The minimum Gasteiger partial charge on any atom is -0.466 e. The Hall–Kier alpha value is -2.26. The molecule has 0 spiro atoms. The molecule has 194 valence electrons. The summed E-state index contributed by atoms with van der Waals surface area (Å²) in [6.07, 6.45) is 3.57. The van der Waals surface area contributed by atoms with Gasteiger partial charge in [0.15, 0.2) is 5.78 Å². The van der Waals surface area contributed by atoms with Gasteiger partial charge >= 0.3 is 17.9 Å². The van der Waals surface area contributed by atoms with Crippen molar-refractivity contribution >= 4 is 23.7 Å². The lowest BCUT2D eigenvalue weighted by Gasteiger charge is -2.65. The summed E-state index contributed by atoms with van der Waals surface area (Å²) in [5.41, 5.74) is -5.00. The maximum absolute atomic E-state index is 12.9. The van der Waals surface area contributed by atoms with Crippen molar-refractivity contribution in [2.24, 2.45) is 28.6 Å². The zero-order chi connectivity index (χ0) is 25.8. The number of aliphatic hydroxyl groups is 2. The molecule has 0 heterocycles. The number of esters is 3. The number of hydrogen-bond donors (Lipinski definition) is 2. The molecule has 0 unspecified atom stereocenters. The maximum Gasteiger partial charge on any atom is 0.309 e. The lowest BCUT2D eigenvalue weighted by molar-refractivity contribution is -0.270. The third-order valence-corrected chi connectivity index (χ3v) is 9.41. The van der Waals surface area contributed by atoms with Crippen LogP contribution < -0.4 is 0 Å². The molecule has 0 aromatic rings. The third-order valence-electron chi connectivity index (χ3n) is 9.41. The van der Waals surface area contributed by atoms with E-state index in [0.717, 1.165) is 0 Å². The van der Waals surface area contributed by atoms with Gasteiger partial charge in [0.2, 0.25) is 0 Å². The van der Waals surface area contributed by atoms with Crippen molar-refractivity contribution in [1.82, 2.24) is 0 Å². The first-order valence-electron chi connectivity index (χ1n) is 12.5. The summed E-state index contributed by atoms with van der Waals surface area (Å²) < 4.78 is 16.6. The molecule has 9 heteroatoms. The topological polar surface area (TPSA) is 136 Å². The smallest absolute Gasteiger partial charge is 0.309 e. The van der Waals surface area contributed by atoms with Crippen molar-refractivity contribution in [2.45, 2.75) is 83.5 Å². The van der Waals surface area contributed by atoms with Crippen LogP contribution in [0.2, 0.25) is 0 Å². The van der Waals surface area contributed by atoms with Gasteiger partial charge in [-0.1, -0.05) is 13.0 Å². The number of carbonyl (C=O) groups excluding carboxylic acids is 4. The molecule has 0 aliphatic heterocycles. The summed E-state index contributed by atoms with van der Waals surface area (Å²) in [7, 11) is 0.